The summed E-state index contributed by atoms with van der Waals surface area (Å²) in [5, 5.41) is 18.8. The molecule has 45 heavy (non-hydrogen) atoms. The summed E-state index contributed by atoms with van der Waals surface area (Å²) < 4.78 is 4.73. The first-order valence-corrected chi connectivity index (χ1v) is 16.3. The van der Waals surface area contributed by atoms with Gasteiger partial charge in [0.15, 0.2) is 0 Å². The van der Waals surface area contributed by atoms with E-state index >= 15 is 0 Å². The topological polar surface area (TPSA) is 108 Å². The Labute approximate surface area is 266 Å². The van der Waals surface area contributed by atoms with E-state index in [1.54, 1.807) is 40.9 Å². The van der Waals surface area contributed by atoms with E-state index < -0.39 is 28.7 Å². The van der Waals surface area contributed by atoms with Crippen molar-refractivity contribution in [3.05, 3.63) is 103 Å². The fraction of sp³-hybridized carbons (Fsp3) is 0.306. The molecule has 0 aliphatic carbocycles. The Morgan fingerprint density at radius 3 is 2.36 bits per heavy atom. The van der Waals surface area contributed by atoms with E-state index in [2.05, 4.69) is 10.6 Å². The molecule has 3 heterocycles. The summed E-state index contributed by atoms with van der Waals surface area (Å²) in [6.45, 7) is 2.10. The zero-order chi connectivity index (χ0) is 31.1. The third-order valence-corrected chi connectivity index (χ3v) is 11.4. The quantitative estimate of drug-likeness (QED) is 0.223. The molecule has 3 N–H and O–H groups in total. The van der Waals surface area contributed by atoms with Gasteiger partial charge in [0.1, 0.15) is 11.8 Å². The lowest BCUT2D eigenvalue weighted by atomic mass is 9.70. The highest BCUT2D eigenvalue weighted by Gasteiger charge is 2.74. The number of aliphatic hydroxyl groups excluding tert-OH is 1. The van der Waals surface area contributed by atoms with E-state index in [0.29, 0.717) is 30.2 Å². The number of ether oxygens (including phenoxy) is 1. The highest BCUT2D eigenvalue weighted by Crippen LogP contribution is 2.67. The summed E-state index contributed by atoms with van der Waals surface area (Å²) in [4.78, 5) is 44.5. The first kappa shape index (κ1) is 29.4. The molecule has 1 spiro atoms. The maximum atomic E-state index is 14.6. The van der Waals surface area contributed by atoms with Crippen LogP contribution < -0.4 is 15.4 Å². The van der Waals surface area contributed by atoms with Crippen molar-refractivity contribution in [3.8, 4) is 5.75 Å². The molecule has 0 aromatic heterocycles. The van der Waals surface area contributed by atoms with Crippen molar-refractivity contribution < 1.29 is 24.2 Å². The van der Waals surface area contributed by atoms with Crippen molar-refractivity contribution in [2.45, 2.75) is 41.8 Å². The molecule has 0 radical (unpaired) electrons. The van der Waals surface area contributed by atoms with Crippen molar-refractivity contribution >= 4 is 51.6 Å². The summed E-state index contributed by atoms with van der Waals surface area (Å²) in [5.41, 5.74) is 1.99. The van der Waals surface area contributed by atoms with Crippen LogP contribution in [-0.2, 0) is 14.4 Å². The van der Waals surface area contributed by atoms with Gasteiger partial charge in [-0.1, -0.05) is 60.7 Å². The van der Waals surface area contributed by atoms with Gasteiger partial charge in [-0.3, -0.25) is 14.4 Å². The van der Waals surface area contributed by atoms with E-state index in [9.17, 15) is 19.5 Å². The zero-order valence-electron chi connectivity index (χ0n) is 24.9. The van der Waals surface area contributed by atoms with Gasteiger partial charge >= 0.3 is 0 Å². The Balaban J connectivity index is 1.24. The molecule has 3 saturated heterocycles. The molecule has 4 aromatic carbocycles. The minimum Gasteiger partial charge on any atom is -0.494 e. The molecule has 2 unspecified atom stereocenters. The Kier molecular flexibility index (Phi) is 7.75. The number of fused-ring (bicyclic) bond motifs is 2. The van der Waals surface area contributed by atoms with Gasteiger partial charge in [-0.05, 0) is 72.5 Å². The number of rotatable bonds is 9. The van der Waals surface area contributed by atoms with Crippen LogP contribution in [0.3, 0.4) is 0 Å². The van der Waals surface area contributed by atoms with E-state index in [1.165, 1.54) is 0 Å². The third-order valence-electron chi connectivity index (χ3n) is 9.43. The summed E-state index contributed by atoms with van der Waals surface area (Å²) in [5.74, 6) is -1.41. The number of anilines is 2. The molecule has 3 aliphatic heterocycles. The average molecular weight is 622 g/mol. The Morgan fingerprint density at radius 1 is 0.933 bits per heavy atom. The number of aliphatic hydroxyl groups is 1. The molecular formula is C36H35N3O5S. The number of nitrogens with zero attached hydrogens (tertiary/aromatic N) is 1. The molecule has 3 fully saturated rings. The molecule has 4 aromatic rings. The molecule has 3 aliphatic rings. The van der Waals surface area contributed by atoms with Crippen LogP contribution in [0.1, 0.15) is 31.4 Å². The molecule has 3 amide bonds. The van der Waals surface area contributed by atoms with Crippen molar-refractivity contribution in [1.82, 2.24) is 4.90 Å². The van der Waals surface area contributed by atoms with Gasteiger partial charge in [0, 0.05) is 16.6 Å². The molecular weight excluding hydrogens is 586 g/mol. The van der Waals surface area contributed by atoms with E-state index in [0.717, 1.165) is 22.8 Å². The lowest BCUT2D eigenvalue weighted by molar-refractivity contribution is -0.141. The van der Waals surface area contributed by atoms with E-state index in [1.807, 2.05) is 79.7 Å². The zero-order valence-corrected chi connectivity index (χ0v) is 25.7. The number of likely N-dealkylation sites (tertiary alicyclic amines) is 1. The van der Waals surface area contributed by atoms with Crippen LogP contribution in [0.25, 0.3) is 10.8 Å². The fourth-order valence-corrected chi connectivity index (χ4v) is 9.77. The molecule has 0 saturated carbocycles. The second-order valence-corrected chi connectivity index (χ2v) is 13.5. The van der Waals surface area contributed by atoms with Crippen LogP contribution in [0.15, 0.2) is 97.1 Å². The number of hydrogen-bond acceptors (Lipinski definition) is 6. The fourth-order valence-electron chi connectivity index (χ4n) is 7.56. The lowest BCUT2D eigenvalue weighted by Gasteiger charge is -2.37. The largest absolute Gasteiger partial charge is 0.494 e. The predicted molar refractivity (Wildman–Crippen MR) is 176 cm³/mol. The number of amides is 3. The Bertz CT molecular complexity index is 1750. The van der Waals surface area contributed by atoms with Crippen LogP contribution in [0.2, 0.25) is 0 Å². The number of thioether (sulfide) groups is 1. The minimum atomic E-state index is -0.878. The number of nitrogens with one attached hydrogen (secondary N) is 2. The molecule has 6 atom stereocenters. The van der Waals surface area contributed by atoms with Crippen LogP contribution in [-0.4, -0.2) is 57.0 Å². The first-order valence-electron chi connectivity index (χ1n) is 15.4. The smallest absolute Gasteiger partial charge is 0.248 e. The molecule has 8 nitrogen and oxygen atoms in total. The van der Waals surface area contributed by atoms with Gasteiger partial charge in [0.05, 0.1) is 35.8 Å². The minimum absolute atomic E-state index is 0.0935. The van der Waals surface area contributed by atoms with Gasteiger partial charge in [0.2, 0.25) is 17.7 Å². The number of carbonyl (C=O) groups excluding carboxylic acids is 3. The van der Waals surface area contributed by atoms with Crippen molar-refractivity contribution in [2.75, 3.05) is 23.8 Å². The Hall–Kier alpha value is -4.34. The maximum absolute atomic E-state index is 14.6. The summed E-state index contributed by atoms with van der Waals surface area (Å²) in [7, 11) is 0. The maximum Gasteiger partial charge on any atom is 0.248 e. The van der Waals surface area contributed by atoms with Gasteiger partial charge in [0.25, 0.3) is 0 Å². The summed E-state index contributed by atoms with van der Waals surface area (Å²) >= 11 is 1.60. The third kappa shape index (κ3) is 5.04. The highest BCUT2D eigenvalue weighted by molar-refractivity contribution is 8.02. The number of carbonyl (C=O) groups is 3. The number of hydrogen-bond donors (Lipinski definition) is 3. The van der Waals surface area contributed by atoms with Crippen LogP contribution in [0, 0.1) is 11.8 Å². The van der Waals surface area contributed by atoms with Gasteiger partial charge < -0.3 is 25.4 Å². The SMILES string of the molecule is CCOc1ccc(NC(=O)[C@@H]2[C@H]3C(=O)N([C@H](CO)c4ccccc4)C(C(=O)Nc4ccc5ccccc5c4)C34CC[C@H]2S4)cc1. The predicted octanol–water partition coefficient (Wildman–Crippen LogP) is 5.64. The van der Waals surface area contributed by atoms with Crippen LogP contribution in [0.5, 0.6) is 5.75 Å². The van der Waals surface area contributed by atoms with E-state index in [-0.39, 0.29) is 29.6 Å². The standard InChI is InChI=1S/C36H35N3O5S/c1-2-44-27-16-14-25(15-17-27)37-33(41)30-29-18-19-36(45-29)31(30)35(43)39(28(21-40)23-9-4-3-5-10-23)32(36)34(42)38-26-13-12-22-8-6-7-11-24(22)20-26/h3-17,20,28-32,40H,2,18-19,21H2,1H3,(H,37,41)(H,38,42)/t28-,29-,30+,31+,32?,36?/m1/s1. The lowest BCUT2D eigenvalue weighted by Crippen LogP contribution is -2.52. The van der Waals surface area contributed by atoms with Gasteiger partial charge in [-0.25, -0.2) is 0 Å². The van der Waals surface area contributed by atoms with Gasteiger partial charge in [-0.15, -0.1) is 11.8 Å². The molecule has 230 valence electrons. The second-order valence-electron chi connectivity index (χ2n) is 11.9. The first-order chi connectivity index (χ1) is 21.9. The molecule has 7 rings (SSSR count). The van der Waals surface area contributed by atoms with Crippen molar-refractivity contribution in [2.24, 2.45) is 11.8 Å². The van der Waals surface area contributed by atoms with E-state index in [4.69, 9.17) is 4.74 Å². The van der Waals surface area contributed by atoms with Crippen molar-refractivity contribution in [3.63, 3.8) is 0 Å². The molecule has 9 heteroatoms. The number of benzene rings is 4. The monoisotopic (exact) mass is 621 g/mol. The normalized spacial score (nSPS) is 25.6. The van der Waals surface area contributed by atoms with Gasteiger partial charge in [-0.2, -0.15) is 0 Å². The average Bonchev–Trinajstić information content (AvgIpc) is 3.70. The van der Waals surface area contributed by atoms with Crippen LogP contribution in [0.4, 0.5) is 11.4 Å². The Morgan fingerprint density at radius 2 is 1.62 bits per heavy atom. The highest BCUT2D eigenvalue weighted by atomic mass is 32.2. The second kappa shape index (κ2) is 11.9. The van der Waals surface area contributed by atoms with Crippen molar-refractivity contribution in [1.29, 1.82) is 0 Å². The summed E-state index contributed by atoms with van der Waals surface area (Å²) in [6, 6.07) is 28.6. The molecule has 2 bridgehead atoms. The van der Waals surface area contributed by atoms with Crippen LogP contribution >= 0.6 is 11.8 Å². The summed E-state index contributed by atoms with van der Waals surface area (Å²) in [6.07, 6.45) is 1.35.